The average molecular weight is 581 g/mol. The number of hydrogen-bond acceptors (Lipinski definition) is 4. The quantitative estimate of drug-likeness (QED) is 0.183. The first-order valence-electron chi connectivity index (χ1n) is 15.9. The normalized spacial score (nSPS) is 14.1. The first-order valence-corrected chi connectivity index (χ1v) is 15.9. The van der Waals surface area contributed by atoms with Gasteiger partial charge in [0.25, 0.3) is 0 Å². The molecule has 4 nitrogen and oxygen atoms in total. The minimum Gasteiger partial charge on any atom is -0.364 e. The average Bonchev–Trinajstić information content (AvgIpc) is 3.04. The van der Waals surface area contributed by atoms with Gasteiger partial charge in [-0.05, 0) is 124 Å². The van der Waals surface area contributed by atoms with E-state index in [0.717, 1.165) is 50.4 Å². The van der Waals surface area contributed by atoms with Crippen LogP contribution in [0.5, 0.6) is 0 Å². The molecule has 1 aliphatic heterocycles. The molecule has 0 spiro atoms. The van der Waals surface area contributed by atoms with Crippen LogP contribution in [0, 0.1) is 34.6 Å². The summed E-state index contributed by atoms with van der Waals surface area (Å²) in [7, 11) is 0. The third kappa shape index (κ3) is 6.92. The number of aromatic nitrogens is 2. The van der Waals surface area contributed by atoms with Gasteiger partial charge in [0.05, 0.1) is 11.4 Å². The Morgan fingerprint density at radius 1 is 0.636 bits per heavy atom. The predicted molar refractivity (Wildman–Crippen MR) is 184 cm³/mol. The van der Waals surface area contributed by atoms with Gasteiger partial charge in [-0.25, -0.2) is 0 Å². The van der Waals surface area contributed by atoms with Gasteiger partial charge in [-0.1, -0.05) is 47.5 Å². The van der Waals surface area contributed by atoms with Crippen LogP contribution in [0.15, 0.2) is 97.3 Å². The fraction of sp³-hybridized carbons (Fsp3) is 0.300. The van der Waals surface area contributed by atoms with Crippen LogP contribution >= 0.6 is 0 Å². The molecule has 0 unspecified atom stereocenters. The monoisotopic (exact) mass is 580 g/mol. The van der Waals surface area contributed by atoms with Gasteiger partial charge in [-0.15, -0.1) is 0 Å². The third-order valence-corrected chi connectivity index (χ3v) is 9.34. The van der Waals surface area contributed by atoms with Gasteiger partial charge < -0.3 is 4.90 Å². The lowest BCUT2D eigenvalue weighted by Crippen LogP contribution is -2.44. The Kier molecular flexibility index (Phi) is 8.90. The van der Waals surface area contributed by atoms with Crippen molar-refractivity contribution in [1.82, 2.24) is 14.9 Å². The van der Waals surface area contributed by atoms with Crippen molar-refractivity contribution in [3.63, 3.8) is 0 Å². The molecule has 0 atom stereocenters. The maximum Gasteiger partial charge on any atom is 0.0705 e. The molecule has 3 heterocycles. The Labute approximate surface area is 263 Å². The second kappa shape index (κ2) is 13.2. The molecule has 0 saturated carbocycles. The van der Waals surface area contributed by atoms with Crippen LogP contribution in [0.2, 0.25) is 0 Å². The summed E-state index contributed by atoms with van der Waals surface area (Å²) < 4.78 is 0. The highest BCUT2D eigenvalue weighted by Gasteiger charge is 2.25. The van der Waals surface area contributed by atoms with Crippen LogP contribution < -0.4 is 4.90 Å². The summed E-state index contributed by atoms with van der Waals surface area (Å²) in [6, 6.07) is 31.6. The Balaban J connectivity index is 1.16. The molecule has 1 aliphatic rings. The van der Waals surface area contributed by atoms with E-state index in [9.17, 15) is 0 Å². The van der Waals surface area contributed by atoms with Gasteiger partial charge in [0, 0.05) is 61.4 Å². The molecule has 1 saturated heterocycles. The maximum absolute atomic E-state index is 4.73. The number of benzene rings is 3. The molecule has 5 aromatic rings. The second-order valence-electron chi connectivity index (χ2n) is 12.7. The van der Waals surface area contributed by atoms with Gasteiger partial charge >= 0.3 is 0 Å². The summed E-state index contributed by atoms with van der Waals surface area (Å²) in [5, 5.41) is 0. The van der Waals surface area contributed by atoms with Crippen LogP contribution in [0.4, 0.5) is 5.69 Å². The SMILES string of the molecule is Cc1ccc(-c2cc(CN(c3ccc(C)cc3)C3CCN(Cc4ccnc(-c5cc(C)c(C)c(C)c5)c4)CC3)ccn2)cc1. The van der Waals surface area contributed by atoms with Crippen molar-refractivity contribution in [2.75, 3.05) is 18.0 Å². The molecule has 0 bridgehead atoms. The first-order chi connectivity index (χ1) is 21.3. The summed E-state index contributed by atoms with van der Waals surface area (Å²) in [6.45, 7) is 14.9. The molecule has 1 fully saturated rings. The van der Waals surface area contributed by atoms with E-state index in [0.29, 0.717) is 6.04 Å². The minimum atomic E-state index is 0.483. The number of anilines is 1. The number of hydrogen-bond donors (Lipinski definition) is 0. The van der Waals surface area contributed by atoms with Crippen molar-refractivity contribution >= 4 is 5.69 Å². The van der Waals surface area contributed by atoms with Crippen molar-refractivity contribution in [3.05, 3.63) is 136 Å². The summed E-state index contributed by atoms with van der Waals surface area (Å²) in [5.74, 6) is 0. The van der Waals surface area contributed by atoms with Gasteiger partial charge in [0.1, 0.15) is 0 Å². The fourth-order valence-electron chi connectivity index (χ4n) is 6.38. The Morgan fingerprint density at radius 2 is 1.18 bits per heavy atom. The molecule has 0 radical (unpaired) electrons. The van der Waals surface area contributed by atoms with Gasteiger partial charge in [-0.3, -0.25) is 14.9 Å². The Hall–Kier alpha value is -4.28. The maximum atomic E-state index is 4.73. The molecule has 0 aliphatic carbocycles. The van der Waals surface area contributed by atoms with Crippen molar-refractivity contribution in [1.29, 1.82) is 0 Å². The number of rotatable bonds is 8. The summed E-state index contributed by atoms with van der Waals surface area (Å²) in [6.07, 6.45) is 6.21. The van der Waals surface area contributed by atoms with Crippen molar-refractivity contribution in [2.24, 2.45) is 0 Å². The summed E-state index contributed by atoms with van der Waals surface area (Å²) >= 11 is 0. The van der Waals surface area contributed by atoms with Gasteiger partial charge in [0.15, 0.2) is 0 Å². The standard InChI is InChI=1S/C40H44N4/c1-28-6-10-35(11-7-28)39-25-34(15-19-41-39)27-44(37-12-8-29(2)9-13-37)38-16-20-43(21-17-38)26-33-14-18-42-40(24-33)36-22-30(3)32(5)31(4)23-36/h6-15,18-19,22-25,38H,16-17,20-21,26-27H2,1-5H3. The van der Waals surface area contributed by atoms with Crippen LogP contribution in [0.25, 0.3) is 22.5 Å². The largest absolute Gasteiger partial charge is 0.364 e. The van der Waals surface area contributed by atoms with Crippen LogP contribution in [-0.2, 0) is 13.1 Å². The molecule has 224 valence electrons. The van der Waals surface area contributed by atoms with E-state index in [4.69, 9.17) is 9.97 Å². The number of piperidine rings is 1. The zero-order chi connectivity index (χ0) is 30.6. The lowest BCUT2D eigenvalue weighted by molar-refractivity contribution is 0.201. The highest BCUT2D eigenvalue weighted by atomic mass is 15.2. The highest BCUT2D eigenvalue weighted by Crippen LogP contribution is 2.29. The summed E-state index contributed by atoms with van der Waals surface area (Å²) in [4.78, 5) is 14.7. The fourth-order valence-corrected chi connectivity index (χ4v) is 6.38. The second-order valence-corrected chi connectivity index (χ2v) is 12.7. The van der Waals surface area contributed by atoms with E-state index in [1.54, 1.807) is 0 Å². The Bertz CT molecular complexity index is 1690. The van der Waals surface area contributed by atoms with E-state index in [2.05, 4.69) is 129 Å². The molecule has 6 rings (SSSR count). The molecule has 0 amide bonds. The zero-order valence-electron chi connectivity index (χ0n) is 26.8. The Morgan fingerprint density at radius 3 is 1.82 bits per heavy atom. The van der Waals surface area contributed by atoms with E-state index >= 15 is 0 Å². The minimum absolute atomic E-state index is 0.483. The number of aryl methyl sites for hydroxylation is 4. The number of pyridine rings is 2. The molecule has 3 aromatic carbocycles. The van der Waals surface area contributed by atoms with Crippen LogP contribution in [0.3, 0.4) is 0 Å². The summed E-state index contributed by atoms with van der Waals surface area (Å²) in [5.41, 5.74) is 15.0. The molecule has 2 aromatic heterocycles. The van der Waals surface area contributed by atoms with Crippen LogP contribution in [0.1, 0.15) is 51.8 Å². The topological polar surface area (TPSA) is 32.3 Å². The van der Waals surface area contributed by atoms with Crippen molar-refractivity contribution in [2.45, 2.75) is 66.6 Å². The van der Waals surface area contributed by atoms with Gasteiger partial charge in [-0.2, -0.15) is 0 Å². The van der Waals surface area contributed by atoms with E-state index in [1.807, 2.05) is 12.4 Å². The molecular formula is C40H44N4. The van der Waals surface area contributed by atoms with E-state index in [-0.39, 0.29) is 0 Å². The van der Waals surface area contributed by atoms with E-state index in [1.165, 1.54) is 55.8 Å². The molecule has 4 heteroatoms. The van der Waals surface area contributed by atoms with Crippen molar-refractivity contribution < 1.29 is 0 Å². The van der Waals surface area contributed by atoms with E-state index < -0.39 is 0 Å². The highest BCUT2D eigenvalue weighted by molar-refractivity contribution is 5.63. The first kappa shape index (κ1) is 29.8. The van der Waals surface area contributed by atoms with Gasteiger partial charge in [0.2, 0.25) is 0 Å². The van der Waals surface area contributed by atoms with Crippen molar-refractivity contribution in [3.8, 4) is 22.5 Å². The smallest absolute Gasteiger partial charge is 0.0705 e. The third-order valence-electron chi connectivity index (χ3n) is 9.34. The molecule has 44 heavy (non-hydrogen) atoms. The predicted octanol–water partition coefficient (Wildman–Crippen LogP) is 9.02. The number of nitrogens with zero attached hydrogens (tertiary/aromatic N) is 4. The molecule has 0 N–H and O–H groups in total. The zero-order valence-corrected chi connectivity index (χ0v) is 26.8. The number of likely N-dealkylation sites (tertiary alicyclic amines) is 1. The lowest BCUT2D eigenvalue weighted by Gasteiger charge is -2.40. The van der Waals surface area contributed by atoms with Crippen LogP contribution in [-0.4, -0.2) is 34.0 Å². The lowest BCUT2D eigenvalue weighted by atomic mass is 9.98. The molecular weight excluding hydrogens is 536 g/mol.